The largest absolute Gasteiger partial charge is 0.447 e. The molecule has 0 bridgehead atoms. The maximum atomic E-state index is 13.7. The van der Waals surface area contributed by atoms with Crippen molar-refractivity contribution in [1.29, 1.82) is 0 Å². The Bertz CT molecular complexity index is 864. The zero-order valence-corrected chi connectivity index (χ0v) is 22.2. The molecule has 2 aliphatic carbocycles. The molecule has 0 saturated heterocycles. The van der Waals surface area contributed by atoms with E-state index >= 15 is 0 Å². The van der Waals surface area contributed by atoms with Crippen molar-refractivity contribution in [2.45, 2.75) is 141 Å². The van der Waals surface area contributed by atoms with Crippen molar-refractivity contribution in [2.24, 2.45) is 0 Å². The van der Waals surface area contributed by atoms with Gasteiger partial charge in [0.2, 0.25) is 0 Å². The molecule has 6 heteroatoms. The number of benzene rings is 1. The molecule has 1 aromatic rings. The Morgan fingerprint density at radius 3 is 1.19 bits per heavy atom. The van der Waals surface area contributed by atoms with Gasteiger partial charge in [-0.15, -0.1) is 0 Å². The second kappa shape index (κ2) is 10.6. The molecule has 36 heavy (non-hydrogen) atoms. The highest BCUT2D eigenvalue weighted by Crippen LogP contribution is 2.60. The number of carbonyl (C=O) groups excluding carboxylic acids is 2. The third-order valence-electron chi connectivity index (χ3n) is 8.28. The molecule has 4 aliphatic rings. The molecule has 2 spiro atoms. The van der Waals surface area contributed by atoms with E-state index in [4.69, 9.17) is 18.9 Å². The highest BCUT2D eigenvalue weighted by Gasteiger charge is 2.53. The number of hydrogen-bond donors (Lipinski definition) is 0. The summed E-state index contributed by atoms with van der Waals surface area (Å²) in [4.78, 5) is 27.4. The molecule has 0 aromatic heterocycles. The molecule has 0 unspecified atom stereocenters. The molecule has 0 amide bonds. The molecule has 0 atom stereocenters. The molecule has 2 saturated carbocycles. The van der Waals surface area contributed by atoms with E-state index in [0.29, 0.717) is 47.0 Å². The van der Waals surface area contributed by atoms with Crippen molar-refractivity contribution < 1.29 is 28.5 Å². The first-order valence-corrected chi connectivity index (χ1v) is 14.6. The van der Waals surface area contributed by atoms with Gasteiger partial charge in [-0.2, -0.15) is 0 Å². The fraction of sp³-hybridized carbons (Fsp3) is 0.733. The van der Waals surface area contributed by atoms with Gasteiger partial charge in [-0.25, -0.2) is 0 Å². The second-order valence-corrected chi connectivity index (χ2v) is 11.2. The van der Waals surface area contributed by atoms with Crippen LogP contribution in [0, 0.1) is 0 Å². The van der Waals surface area contributed by atoms with Gasteiger partial charge in [0, 0.05) is 38.5 Å². The highest BCUT2D eigenvalue weighted by atomic mass is 16.7. The van der Waals surface area contributed by atoms with Gasteiger partial charge in [0.15, 0.2) is 34.6 Å². The van der Waals surface area contributed by atoms with E-state index < -0.39 is 11.6 Å². The van der Waals surface area contributed by atoms with E-state index in [1.54, 1.807) is 0 Å². The topological polar surface area (TPSA) is 71.1 Å². The summed E-state index contributed by atoms with van der Waals surface area (Å²) in [6.07, 6.45) is 15.9. The van der Waals surface area contributed by atoms with E-state index in [1.165, 1.54) is 0 Å². The molecule has 2 aliphatic heterocycles. The van der Waals surface area contributed by atoms with E-state index in [0.717, 1.165) is 103 Å². The SMILES string of the molecule is CCCCCC(=O)c1c2c(c(C(=O)CCCCC)c3c1OC1(CCCCC1)O3)OC1(CCCCC1)O2. The normalized spacial score (nSPS) is 20.7. The van der Waals surface area contributed by atoms with Crippen molar-refractivity contribution in [3.63, 3.8) is 0 Å². The van der Waals surface area contributed by atoms with Gasteiger partial charge in [0.1, 0.15) is 11.1 Å². The Labute approximate surface area is 215 Å². The zero-order valence-electron chi connectivity index (χ0n) is 22.2. The smallest absolute Gasteiger partial charge is 0.251 e. The molecule has 2 heterocycles. The average molecular weight is 499 g/mol. The monoisotopic (exact) mass is 498 g/mol. The predicted molar refractivity (Wildman–Crippen MR) is 138 cm³/mol. The number of ketones is 2. The van der Waals surface area contributed by atoms with Gasteiger partial charge < -0.3 is 18.9 Å². The van der Waals surface area contributed by atoms with Crippen molar-refractivity contribution in [2.75, 3.05) is 0 Å². The fourth-order valence-corrected chi connectivity index (χ4v) is 6.25. The van der Waals surface area contributed by atoms with E-state index in [-0.39, 0.29) is 11.6 Å². The molecule has 1 aromatic carbocycles. The van der Waals surface area contributed by atoms with Crippen LogP contribution in [0.25, 0.3) is 0 Å². The Morgan fingerprint density at radius 1 is 0.556 bits per heavy atom. The molecule has 6 nitrogen and oxygen atoms in total. The number of ether oxygens (including phenoxy) is 4. The predicted octanol–water partition coefficient (Wildman–Crippen LogP) is 8.08. The number of unbranched alkanes of at least 4 members (excludes halogenated alkanes) is 4. The number of carbonyl (C=O) groups is 2. The van der Waals surface area contributed by atoms with Crippen LogP contribution in [-0.2, 0) is 0 Å². The van der Waals surface area contributed by atoms with E-state index in [1.807, 2.05) is 0 Å². The first kappa shape index (κ1) is 25.4. The summed E-state index contributed by atoms with van der Waals surface area (Å²) in [6, 6.07) is 0. The maximum absolute atomic E-state index is 13.7. The van der Waals surface area contributed by atoms with Gasteiger partial charge in [0.05, 0.1) is 0 Å². The van der Waals surface area contributed by atoms with Crippen molar-refractivity contribution >= 4 is 11.6 Å². The van der Waals surface area contributed by atoms with Gasteiger partial charge >= 0.3 is 0 Å². The Kier molecular flexibility index (Phi) is 7.50. The average Bonchev–Trinajstić information content (AvgIpc) is 3.40. The summed E-state index contributed by atoms with van der Waals surface area (Å²) < 4.78 is 26.3. The minimum Gasteiger partial charge on any atom is -0.447 e. The summed E-state index contributed by atoms with van der Waals surface area (Å²) in [5, 5.41) is 0. The van der Waals surface area contributed by atoms with Crippen LogP contribution >= 0.6 is 0 Å². The quantitative estimate of drug-likeness (QED) is 0.240. The Hall–Kier alpha value is -2.24. The Balaban J connectivity index is 1.61. The molecule has 198 valence electrons. The first-order chi connectivity index (χ1) is 17.5. The van der Waals surface area contributed by atoms with Gasteiger partial charge in [-0.3, -0.25) is 9.59 Å². The van der Waals surface area contributed by atoms with E-state index in [2.05, 4.69) is 13.8 Å². The van der Waals surface area contributed by atoms with Gasteiger partial charge in [-0.05, 0) is 38.5 Å². The van der Waals surface area contributed by atoms with Crippen LogP contribution in [0.5, 0.6) is 23.0 Å². The molecule has 0 N–H and O–H groups in total. The number of fused-ring (bicyclic) bond motifs is 2. The summed E-state index contributed by atoms with van der Waals surface area (Å²) in [5.74, 6) is 0.0898. The standard InChI is InChI=1S/C30H42O6/c1-3-5-9-15-21(31)23-25-27(35-29(33-25)17-11-7-12-18-29)24(22(32)16-10-6-4-2)28-26(23)34-30(36-28)19-13-8-14-20-30/h3-20H2,1-2H3. The molecular weight excluding hydrogens is 456 g/mol. The third-order valence-corrected chi connectivity index (χ3v) is 8.28. The summed E-state index contributed by atoms with van der Waals surface area (Å²) in [6.45, 7) is 4.26. The highest BCUT2D eigenvalue weighted by molar-refractivity contribution is 6.10. The lowest BCUT2D eigenvalue weighted by Crippen LogP contribution is -2.41. The van der Waals surface area contributed by atoms with Crippen molar-refractivity contribution in [3.8, 4) is 23.0 Å². The number of hydrogen-bond acceptors (Lipinski definition) is 6. The zero-order chi connectivity index (χ0) is 25.2. The Morgan fingerprint density at radius 2 is 0.889 bits per heavy atom. The van der Waals surface area contributed by atoms with Crippen LogP contribution < -0.4 is 18.9 Å². The van der Waals surface area contributed by atoms with Crippen LogP contribution in [0.1, 0.15) is 150 Å². The molecular formula is C30H42O6. The van der Waals surface area contributed by atoms with Crippen LogP contribution in [0.2, 0.25) is 0 Å². The minimum absolute atomic E-state index is 0.00569. The van der Waals surface area contributed by atoms with Crippen LogP contribution in [0.3, 0.4) is 0 Å². The molecule has 2 fully saturated rings. The first-order valence-electron chi connectivity index (χ1n) is 14.6. The van der Waals surface area contributed by atoms with Gasteiger partial charge in [-0.1, -0.05) is 52.4 Å². The summed E-state index contributed by atoms with van der Waals surface area (Å²) >= 11 is 0. The lowest BCUT2D eigenvalue weighted by Gasteiger charge is -2.32. The fourth-order valence-electron chi connectivity index (χ4n) is 6.25. The third kappa shape index (κ3) is 4.72. The van der Waals surface area contributed by atoms with E-state index in [9.17, 15) is 9.59 Å². The van der Waals surface area contributed by atoms with Crippen LogP contribution in [-0.4, -0.2) is 23.1 Å². The minimum atomic E-state index is -0.797. The van der Waals surface area contributed by atoms with Crippen LogP contribution in [0.4, 0.5) is 0 Å². The lowest BCUT2D eigenvalue weighted by atomic mass is 9.94. The summed E-state index contributed by atoms with van der Waals surface area (Å²) in [7, 11) is 0. The molecule has 0 radical (unpaired) electrons. The number of Topliss-reactive ketones (excluding diaryl/α,β-unsaturated/α-hetero) is 2. The lowest BCUT2D eigenvalue weighted by molar-refractivity contribution is -0.110. The van der Waals surface area contributed by atoms with Crippen molar-refractivity contribution in [3.05, 3.63) is 11.1 Å². The maximum Gasteiger partial charge on any atom is 0.251 e. The van der Waals surface area contributed by atoms with Crippen LogP contribution in [0.15, 0.2) is 0 Å². The number of rotatable bonds is 10. The molecule has 5 rings (SSSR count). The van der Waals surface area contributed by atoms with Gasteiger partial charge in [0.25, 0.3) is 11.6 Å². The second-order valence-electron chi connectivity index (χ2n) is 11.2. The van der Waals surface area contributed by atoms with Crippen molar-refractivity contribution in [1.82, 2.24) is 0 Å². The summed E-state index contributed by atoms with van der Waals surface area (Å²) in [5.41, 5.74) is 0.872.